The minimum Gasteiger partial charge on any atom is -0.871 e. The molecule has 8 nitrogen and oxygen atoms in total. The van der Waals surface area contributed by atoms with Gasteiger partial charge in [-0.25, -0.2) is 4.58 Å². The summed E-state index contributed by atoms with van der Waals surface area (Å²) in [5, 5.41) is 21.9. The smallest absolute Gasteiger partial charge is 0.229 e. The molecule has 0 bridgehead atoms. The van der Waals surface area contributed by atoms with Crippen LogP contribution in [-0.4, -0.2) is 43.8 Å². The number of nitrogens with one attached hydrogen (secondary N) is 2. The van der Waals surface area contributed by atoms with E-state index in [1.54, 1.807) is 0 Å². The largest absolute Gasteiger partial charge is 0.871 e. The van der Waals surface area contributed by atoms with Gasteiger partial charge in [0.2, 0.25) is 17.2 Å². The fourth-order valence-corrected chi connectivity index (χ4v) is 6.70. The third-order valence-electron chi connectivity index (χ3n) is 9.74. The van der Waals surface area contributed by atoms with Crippen molar-refractivity contribution in [2.75, 3.05) is 41.7 Å². The number of amides is 2. The van der Waals surface area contributed by atoms with E-state index in [0.717, 1.165) is 99.7 Å². The van der Waals surface area contributed by atoms with Gasteiger partial charge in [0, 0.05) is 76.0 Å². The van der Waals surface area contributed by atoms with E-state index in [0.29, 0.717) is 22.2 Å². The van der Waals surface area contributed by atoms with Gasteiger partial charge >= 0.3 is 0 Å². The molecule has 2 heterocycles. The van der Waals surface area contributed by atoms with E-state index < -0.39 is 10.8 Å². The number of hydrogen-bond donors (Lipinski definition) is 2. The van der Waals surface area contributed by atoms with E-state index in [1.807, 2.05) is 65.8 Å². The van der Waals surface area contributed by atoms with Gasteiger partial charge in [-0.15, -0.1) is 0 Å². The van der Waals surface area contributed by atoms with E-state index in [4.69, 9.17) is 0 Å². The molecule has 2 aromatic carbocycles. The lowest BCUT2D eigenvalue weighted by atomic mass is 9.79. The summed E-state index contributed by atoms with van der Waals surface area (Å²) in [7, 11) is 0. The lowest BCUT2D eigenvalue weighted by Crippen LogP contribution is -2.42. The number of Topliss-reactive ketones (excluding diaryl/α,β-unsaturated/α-hetero) is 1. The Bertz CT molecular complexity index is 1790. The summed E-state index contributed by atoms with van der Waals surface area (Å²) in [6, 6.07) is 7.84. The molecule has 258 valence electrons. The van der Waals surface area contributed by atoms with E-state index in [1.165, 1.54) is 0 Å². The summed E-state index contributed by atoms with van der Waals surface area (Å²) in [5.74, 6) is -1.07. The second-order valence-electron chi connectivity index (χ2n) is 15.8. The third kappa shape index (κ3) is 7.08. The van der Waals surface area contributed by atoms with Crippen molar-refractivity contribution in [1.82, 2.24) is 4.58 Å². The predicted molar refractivity (Wildman–Crippen MR) is 193 cm³/mol. The first-order chi connectivity index (χ1) is 22.6. The Morgan fingerprint density at radius 1 is 0.833 bits per heavy atom. The molecule has 1 aliphatic carbocycles. The monoisotopic (exact) mass is 654 g/mol. The second-order valence-corrected chi connectivity index (χ2v) is 15.8. The molecule has 0 fully saturated rings. The Labute approximate surface area is 286 Å². The van der Waals surface area contributed by atoms with Crippen LogP contribution in [0.5, 0.6) is 0 Å². The van der Waals surface area contributed by atoms with E-state index in [9.17, 15) is 19.5 Å². The quantitative estimate of drug-likeness (QED) is 0.373. The first-order valence-electron chi connectivity index (χ1n) is 18.0. The number of fused-ring (bicyclic) bond motifs is 2. The molecule has 0 saturated heterocycles. The molecule has 2 N–H and O–H groups in total. The van der Waals surface area contributed by atoms with Crippen LogP contribution in [0.1, 0.15) is 111 Å². The molecule has 0 aromatic heterocycles. The highest BCUT2D eigenvalue weighted by atomic mass is 16.3. The minimum absolute atomic E-state index is 0.0954. The Morgan fingerprint density at radius 2 is 1.48 bits per heavy atom. The van der Waals surface area contributed by atoms with Crippen LogP contribution in [0.2, 0.25) is 0 Å². The highest BCUT2D eigenvalue weighted by Gasteiger charge is 2.35. The Hall–Kier alpha value is -3.94. The fraction of sp³-hybridized carbons (Fsp3) is 0.550. The molecule has 0 spiro atoms. The molecule has 0 unspecified atom stereocenters. The van der Waals surface area contributed by atoms with Crippen LogP contribution in [-0.2, 0) is 27.2 Å². The normalized spacial score (nSPS) is 17.5. The van der Waals surface area contributed by atoms with E-state index >= 15 is 0 Å². The zero-order valence-corrected chi connectivity index (χ0v) is 30.3. The van der Waals surface area contributed by atoms with Crippen LogP contribution in [0, 0.1) is 10.8 Å². The number of unbranched alkanes of at least 4 members (excludes halogenated alkanes) is 2. The summed E-state index contributed by atoms with van der Waals surface area (Å²) in [6.07, 6.45) is 7.93. The molecule has 2 aromatic rings. The van der Waals surface area contributed by atoms with Crippen molar-refractivity contribution >= 4 is 45.8 Å². The lowest BCUT2D eigenvalue weighted by molar-refractivity contribution is -0.292. The Morgan fingerprint density at radius 3 is 2.10 bits per heavy atom. The molecule has 3 aliphatic rings. The van der Waals surface area contributed by atoms with Crippen molar-refractivity contribution in [2.24, 2.45) is 10.8 Å². The maximum Gasteiger partial charge on any atom is 0.229 e. The molecule has 48 heavy (non-hydrogen) atoms. The van der Waals surface area contributed by atoms with Gasteiger partial charge in [-0.1, -0.05) is 74.0 Å². The zero-order chi connectivity index (χ0) is 35.0. The first kappa shape index (κ1) is 35.4. The van der Waals surface area contributed by atoms with Gasteiger partial charge in [0.05, 0.1) is 11.4 Å². The number of carbonyl (C=O) groups excluding carboxylic acids is 3. The van der Waals surface area contributed by atoms with Crippen molar-refractivity contribution in [2.45, 2.75) is 107 Å². The number of benzene rings is 2. The topological polar surface area (TPSA) is 105 Å². The number of nitrogens with zero attached hydrogens (tertiary/aromatic N) is 2. The highest BCUT2D eigenvalue weighted by molar-refractivity contribution is 6.52. The number of allylic oxidation sites excluding steroid dienone is 2. The van der Waals surface area contributed by atoms with E-state index in [-0.39, 0.29) is 34.5 Å². The second kappa shape index (κ2) is 13.9. The average molecular weight is 655 g/mol. The van der Waals surface area contributed by atoms with Crippen molar-refractivity contribution in [3.8, 4) is 0 Å². The van der Waals surface area contributed by atoms with Gasteiger partial charge in [0.25, 0.3) is 0 Å². The SMILES string of the molecule is CCCCN1CCCc2cc(C3=C([O-])/C(=c4\cc5c(cc4NC(=O)C(C)(C)C)=[N+](CCCC)CCC5)C3=O)c(NC(=O)C(C)(C)C)cc21. The van der Waals surface area contributed by atoms with Gasteiger partial charge in [-0.05, 0) is 49.4 Å². The maximum atomic E-state index is 14.2. The van der Waals surface area contributed by atoms with Gasteiger partial charge in [0.1, 0.15) is 13.1 Å². The summed E-state index contributed by atoms with van der Waals surface area (Å²) < 4.78 is 2.35. The average Bonchev–Trinajstić information content (AvgIpc) is 3.02. The fourth-order valence-electron chi connectivity index (χ4n) is 6.70. The summed E-state index contributed by atoms with van der Waals surface area (Å²) >= 11 is 0. The standard InChI is InChI=1S/C40H54N4O4/c1-9-11-17-43-19-13-15-25-21-27(29(23-31(25)43)41-37(47)39(3,4)5)33-35(45)34(36(33)46)28-22-26-16-14-20-44(18-12-10-2)32(26)24-30(28)42-38(48)40(6,7)8/h21-24H,9-20H2,1-8H3,(H2,41,42,45,46,47,48). The Kier molecular flexibility index (Phi) is 10.2. The molecule has 2 aliphatic heterocycles. The molecule has 0 atom stereocenters. The van der Waals surface area contributed by atoms with Crippen LogP contribution in [0.3, 0.4) is 0 Å². The van der Waals surface area contributed by atoms with Gasteiger partial charge in [0.15, 0.2) is 5.78 Å². The molecule has 5 rings (SSSR count). The molecule has 0 saturated carbocycles. The van der Waals surface area contributed by atoms with E-state index in [2.05, 4.69) is 34.0 Å². The van der Waals surface area contributed by atoms with Crippen molar-refractivity contribution in [3.05, 3.63) is 57.3 Å². The molecule has 2 amide bonds. The number of rotatable bonds is 9. The predicted octanol–water partition coefficient (Wildman–Crippen LogP) is 4.95. The van der Waals surface area contributed by atoms with Crippen LogP contribution in [0.15, 0.2) is 30.0 Å². The van der Waals surface area contributed by atoms with Crippen molar-refractivity contribution < 1.29 is 19.5 Å². The summed E-state index contributed by atoms with van der Waals surface area (Å²) in [6.45, 7) is 19.1. The summed E-state index contributed by atoms with van der Waals surface area (Å²) in [5.41, 5.74) is 3.54. The maximum absolute atomic E-state index is 14.2. The highest BCUT2D eigenvalue weighted by Crippen LogP contribution is 2.43. The van der Waals surface area contributed by atoms with Gasteiger partial charge in [-0.3, -0.25) is 14.4 Å². The molecule has 0 radical (unpaired) electrons. The number of ketones is 1. The van der Waals surface area contributed by atoms with Crippen LogP contribution in [0.4, 0.5) is 17.1 Å². The van der Waals surface area contributed by atoms with Crippen LogP contribution in [0.25, 0.3) is 11.1 Å². The number of hydrogen-bond acceptors (Lipinski definition) is 5. The molecule has 8 heteroatoms. The first-order valence-corrected chi connectivity index (χ1v) is 18.0. The van der Waals surface area contributed by atoms with Crippen LogP contribution >= 0.6 is 0 Å². The van der Waals surface area contributed by atoms with Gasteiger partial charge in [-0.2, -0.15) is 0 Å². The van der Waals surface area contributed by atoms with Crippen molar-refractivity contribution in [1.29, 1.82) is 0 Å². The lowest BCUT2D eigenvalue weighted by Gasteiger charge is -2.36. The molecular formula is C40H54N4O4. The summed E-state index contributed by atoms with van der Waals surface area (Å²) in [4.78, 5) is 43.2. The van der Waals surface area contributed by atoms with Gasteiger partial charge < -0.3 is 20.6 Å². The third-order valence-corrected chi connectivity index (χ3v) is 9.74. The van der Waals surface area contributed by atoms with Crippen molar-refractivity contribution in [3.63, 3.8) is 0 Å². The van der Waals surface area contributed by atoms with Crippen LogP contribution < -0.4 is 35.8 Å². The molecular weight excluding hydrogens is 600 g/mol. The Balaban J connectivity index is 1.71. The number of carbonyl (C=O) groups is 3. The number of anilines is 3. The number of aryl methyl sites for hydroxylation is 2. The minimum atomic E-state index is -0.668. The zero-order valence-electron chi connectivity index (χ0n) is 30.3.